The van der Waals surface area contributed by atoms with Gasteiger partial charge in [0, 0.05) is 55.3 Å². The molecule has 1 atom stereocenters. The third kappa shape index (κ3) is 7.08. The molecule has 3 aromatic rings. The van der Waals surface area contributed by atoms with Crippen LogP contribution in [0.5, 0.6) is 5.75 Å². The van der Waals surface area contributed by atoms with E-state index >= 15 is 0 Å². The number of piperazine rings is 1. The molecule has 2 saturated heterocycles. The van der Waals surface area contributed by atoms with E-state index in [2.05, 4.69) is 16.7 Å². The lowest BCUT2D eigenvalue weighted by Gasteiger charge is -2.35. The van der Waals surface area contributed by atoms with E-state index in [9.17, 15) is 23.1 Å². The molecule has 246 valence electrons. The van der Waals surface area contributed by atoms with Crippen LogP contribution in [0.15, 0.2) is 59.5 Å². The second kappa shape index (κ2) is 13.3. The van der Waals surface area contributed by atoms with Crippen molar-refractivity contribution in [3.8, 4) is 11.4 Å². The summed E-state index contributed by atoms with van der Waals surface area (Å²) in [6, 6.07) is 13.6. The van der Waals surface area contributed by atoms with Gasteiger partial charge in [-0.25, -0.2) is 0 Å². The maximum atomic E-state index is 13.7. The van der Waals surface area contributed by atoms with E-state index < -0.39 is 15.8 Å². The minimum absolute atomic E-state index is 0.0233. The molecule has 2 aromatic carbocycles. The van der Waals surface area contributed by atoms with Crippen LogP contribution in [0.2, 0.25) is 5.02 Å². The van der Waals surface area contributed by atoms with E-state index in [4.69, 9.17) is 16.3 Å². The first kappa shape index (κ1) is 32.5. The van der Waals surface area contributed by atoms with Crippen molar-refractivity contribution in [3.63, 3.8) is 0 Å². The molecule has 0 spiro atoms. The smallest absolute Gasteiger partial charge is 0.316 e. The Morgan fingerprint density at radius 2 is 1.87 bits per heavy atom. The molecule has 14 heteroatoms. The molecule has 0 radical (unpaired) electrons. The number of aromatic nitrogens is 2. The SMILES string of the molecule is CC1(COc2c(N3CCN(S(=O)(=O)NCc4cccc(C(=O)N5CCC[C@H]5CO)c4)CC3)cnn(-c3cccc(Cl)c3)c2=O)CC1. The Balaban J connectivity index is 1.12. The van der Waals surface area contributed by atoms with Crippen molar-refractivity contribution in [1.29, 1.82) is 0 Å². The van der Waals surface area contributed by atoms with Crippen molar-refractivity contribution in [2.45, 2.75) is 45.2 Å². The fraction of sp³-hybridized carbons (Fsp3) is 0.469. The van der Waals surface area contributed by atoms with Crippen LogP contribution in [0.1, 0.15) is 48.5 Å². The number of halogens is 1. The monoisotopic (exact) mass is 670 g/mol. The summed E-state index contributed by atoms with van der Waals surface area (Å²) in [5.41, 5.74) is 1.80. The van der Waals surface area contributed by atoms with E-state index in [0.29, 0.717) is 53.8 Å². The molecule has 1 aromatic heterocycles. The number of nitrogens with zero attached hydrogens (tertiary/aromatic N) is 5. The van der Waals surface area contributed by atoms with Gasteiger partial charge in [0.05, 0.1) is 31.1 Å². The van der Waals surface area contributed by atoms with Crippen LogP contribution in [0, 0.1) is 5.41 Å². The number of carbonyl (C=O) groups is 1. The summed E-state index contributed by atoms with van der Waals surface area (Å²) < 4.78 is 38.0. The molecular weight excluding hydrogens is 632 g/mol. The van der Waals surface area contributed by atoms with Gasteiger partial charge in [-0.2, -0.15) is 27.2 Å². The van der Waals surface area contributed by atoms with Crippen molar-refractivity contribution in [2.75, 3.05) is 50.8 Å². The molecule has 0 bridgehead atoms. The van der Waals surface area contributed by atoms with Gasteiger partial charge >= 0.3 is 5.56 Å². The summed E-state index contributed by atoms with van der Waals surface area (Å²) in [4.78, 5) is 30.3. The predicted molar refractivity (Wildman–Crippen MR) is 175 cm³/mol. The molecular formula is C32H39ClN6O6S. The second-order valence-corrected chi connectivity index (χ2v) is 14.7. The van der Waals surface area contributed by atoms with Gasteiger partial charge in [0.2, 0.25) is 5.75 Å². The molecule has 0 unspecified atom stereocenters. The minimum Gasteiger partial charge on any atom is -0.486 e. The van der Waals surface area contributed by atoms with Crippen molar-refractivity contribution < 1.29 is 23.1 Å². The highest BCUT2D eigenvalue weighted by Gasteiger charge is 2.39. The van der Waals surface area contributed by atoms with Gasteiger partial charge in [-0.3, -0.25) is 9.59 Å². The van der Waals surface area contributed by atoms with Gasteiger partial charge in [0.15, 0.2) is 0 Å². The molecule has 3 fully saturated rings. The van der Waals surface area contributed by atoms with Gasteiger partial charge in [-0.15, -0.1) is 0 Å². The van der Waals surface area contributed by atoms with Crippen LogP contribution >= 0.6 is 11.6 Å². The molecule has 3 aliphatic rings. The number of aliphatic hydroxyl groups excluding tert-OH is 1. The minimum atomic E-state index is -3.83. The van der Waals surface area contributed by atoms with Gasteiger partial charge in [0.1, 0.15) is 5.69 Å². The van der Waals surface area contributed by atoms with Crippen LogP contribution in [0.4, 0.5) is 5.69 Å². The Kier molecular flexibility index (Phi) is 9.40. The van der Waals surface area contributed by atoms with E-state index in [-0.39, 0.29) is 49.4 Å². The molecule has 2 N–H and O–H groups in total. The normalized spacial score (nSPS) is 19.8. The molecule has 3 heterocycles. The summed E-state index contributed by atoms with van der Waals surface area (Å²) in [5.74, 6) is 0.0212. The Morgan fingerprint density at radius 3 is 2.59 bits per heavy atom. The van der Waals surface area contributed by atoms with E-state index in [1.54, 1.807) is 59.6 Å². The number of nitrogens with one attached hydrogen (secondary N) is 1. The summed E-state index contributed by atoms with van der Waals surface area (Å²) in [5, 5.41) is 14.5. The molecule has 6 rings (SSSR count). The first-order valence-electron chi connectivity index (χ1n) is 15.6. The molecule has 1 aliphatic carbocycles. The lowest BCUT2D eigenvalue weighted by atomic mass is 10.1. The highest BCUT2D eigenvalue weighted by molar-refractivity contribution is 7.87. The fourth-order valence-corrected chi connectivity index (χ4v) is 7.25. The standard InChI is InChI=1S/C32H39ClN6O6S/c1-32(10-11-32)22-45-29-28(20-34-39(31(29)42)26-8-3-7-25(33)18-26)36-13-15-37(16-14-36)46(43,44)35-19-23-5-2-6-24(17-23)30(41)38-12-4-9-27(38)21-40/h2-3,5-8,17-18,20,27,35,40H,4,9-16,19,21-22H2,1H3/t27-/m0/s1. The predicted octanol–water partition coefficient (Wildman–Crippen LogP) is 2.82. The number of likely N-dealkylation sites (tertiary alicyclic amines) is 1. The van der Waals surface area contributed by atoms with Crippen molar-refractivity contribution in [2.24, 2.45) is 5.41 Å². The second-order valence-electron chi connectivity index (χ2n) is 12.5. The number of amides is 1. The number of ether oxygens (including phenoxy) is 1. The van der Waals surface area contributed by atoms with E-state index in [1.807, 2.05) is 4.90 Å². The average Bonchev–Trinajstić information content (AvgIpc) is 3.60. The average molecular weight is 671 g/mol. The quantitative estimate of drug-likeness (QED) is 0.318. The number of hydrogen-bond donors (Lipinski definition) is 2. The van der Waals surface area contributed by atoms with Gasteiger partial charge in [-0.05, 0) is 61.6 Å². The van der Waals surface area contributed by atoms with E-state index in [1.165, 1.54) is 8.99 Å². The number of anilines is 1. The van der Waals surface area contributed by atoms with Crippen LogP contribution in [0.3, 0.4) is 0 Å². The molecule has 2 aliphatic heterocycles. The maximum Gasteiger partial charge on any atom is 0.316 e. The highest BCUT2D eigenvalue weighted by Crippen LogP contribution is 2.45. The summed E-state index contributed by atoms with van der Waals surface area (Å²) in [6.07, 6.45) is 5.27. The Labute approximate surface area is 273 Å². The Hall–Kier alpha value is -3.49. The maximum absolute atomic E-state index is 13.7. The molecule has 1 amide bonds. The Morgan fingerprint density at radius 1 is 1.11 bits per heavy atom. The zero-order valence-corrected chi connectivity index (χ0v) is 27.3. The zero-order chi connectivity index (χ0) is 32.5. The zero-order valence-electron chi connectivity index (χ0n) is 25.8. The van der Waals surface area contributed by atoms with Crippen LogP contribution in [-0.4, -0.2) is 90.4 Å². The van der Waals surface area contributed by atoms with Crippen LogP contribution < -0.4 is 19.9 Å². The summed E-state index contributed by atoms with van der Waals surface area (Å²) >= 11 is 6.17. The van der Waals surface area contributed by atoms with Crippen molar-refractivity contribution >= 4 is 33.4 Å². The summed E-state index contributed by atoms with van der Waals surface area (Å²) in [6.45, 7) is 4.12. The van der Waals surface area contributed by atoms with Gasteiger partial charge < -0.3 is 19.6 Å². The van der Waals surface area contributed by atoms with E-state index in [0.717, 1.165) is 25.7 Å². The molecule has 12 nitrogen and oxygen atoms in total. The third-order valence-electron chi connectivity index (χ3n) is 9.04. The largest absolute Gasteiger partial charge is 0.486 e. The lowest BCUT2D eigenvalue weighted by Crippen LogP contribution is -2.52. The topological polar surface area (TPSA) is 137 Å². The molecule has 1 saturated carbocycles. The van der Waals surface area contributed by atoms with Crippen LogP contribution in [0.25, 0.3) is 5.69 Å². The van der Waals surface area contributed by atoms with Crippen LogP contribution in [-0.2, 0) is 16.8 Å². The van der Waals surface area contributed by atoms with Crippen molar-refractivity contribution in [1.82, 2.24) is 23.7 Å². The van der Waals surface area contributed by atoms with Crippen molar-refractivity contribution in [3.05, 3.63) is 81.2 Å². The first-order chi connectivity index (χ1) is 22.1. The Bertz CT molecular complexity index is 1760. The van der Waals surface area contributed by atoms with Gasteiger partial charge in [0.25, 0.3) is 16.1 Å². The summed E-state index contributed by atoms with van der Waals surface area (Å²) in [7, 11) is -3.83. The first-order valence-corrected chi connectivity index (χ1v) is 17.4. The molecule has 46 heavy (non-hydrogen) atoms. The number of aliphatic hydroxyl groups is 1. The number of rotatable bonds is 11. The highest BCUT2D eigenvalue weighted by atomic mass is 35.5. The lowest BCUT2D eigenvalue weighted by molar-refractivity contribution is 0.0677. The number of benzene rings is 2. The number of hydrogen-bond acceptors (Lipinski definition) is 8. The fourth-order valence-electron chi connectivity index (χ4n) is 5.89. The number of carbonyl (C=O) groups excluding carboxylic acids is 1. The third-order valence-corrected chi connectivity index (χ3v) is 10.8. The van der Waals surface area contributed by atoms with Gasteiger partial charge in [-0.1, -0.05) is 36.7 Å².